The summed E-state index contributed by atoms with van der Waals surface area (Å²) < 4.78 is 26.5. The van der Waals surface area contributed by atoms with Gasteiger partial charge in [0.05, 0.1) is 6.42 Å². The number of fused-ring (bicyclic) bond motifs is 1. The van der Waals surface area contributed by atoms with Crippen LogP contribution in [0.2, 0.25) is 0 Å². The lowest BCUT2D eigenvalue weighted by molar-refractivity contribution is -0.127. The maximum absolute atomic E-state index is 13.3. The zero-order valence-electron chi connectivity index (χ0n) is 14.6. The van der Waals surface area contributed by atoms with Crippen LogP contribution in [0.3, 0.4) is 0 Å². The zero-order valence-corrected chi connectivity index (χ0v) is 14.6. The van der Waals surface area contributed by atoms with Gasteiger partial charge >= 0.3 is 0 Å². The number of amides is 2. The highest BCUT2D eigenvalue weighted by Gasteiger charge is 2.32. The van der Waals surface area contributed by atoms with Crippen LogP contribution >= 0.6 is 0 Å². The van der Waals surface area contributed by atoms with Crippen molar-refractivity contribution >= 4 is 17.5 Å². The van der Waals surface area contributed by atoms with Crippen molar-refractivity contribution in [3.63, 3.8) is 0 Å². The Bertz CT molecular complexity index is 833. The van der Waals surface area contributed by atoms with E-state index in [0.717, 1.165) is 29.4 Å². The van der Waals surface area contributed by atoms with Crippen LogP contribution in [0.4, 0.5) is 14.5 Å². The molecule has 2 unspecified atom stereocenters. The van der Waals surface area contributed by atoms with Crippen molar-refractivity contribution in [1.82, 2.24) is 5.32 Å². The number of nitrogens with zero attached hydrogens (tertiary/aromatic N) is 1. The summed E-state index contributed by atoms with van der Waals surface area (Å²) >= 11 is 0. The lowest BCUT2D eigenvalue weighted by Gasteiger charge is -2.22. The number of hydrogen-bond acceptors (Lipinski definition) is 2. The molecule has 4 nitrogen and oxygen atoms in total. The van der Waals surface area contributed by atoms with Crippen LogP contribution in [0.5, 0.6) is 0 Å². The monoisotopic (exact) mass is 358 g/mol. The van der Waals surface area contributed by atoms with Crippen LogP contribution in [0, 0.1) is 11.6 Å². The number of rotatable bonds is 3. The van der Waals surface area contributed by atoms with E-state index in [0.29, 0.717) is 6.42 Å². The van der Waals surface area contributed by atoms with Gasteiger partial charge in [0.25, 0.3) is 0 Å². The van der Waals surface area contributed by atoms with Crippen LogP contribution < -0.4 is 10.2 Å². The highest BCUT2D eigenvalue weighted by atomic mass is 19.1. The highest BCUT2D eigenvalue weighted by Crippen LogP contribution is 2.33. The first-order chi connectivity index (χ1) is 12.3. The summed E-state index contributed by atoms with van der Waals surface area (Å²) in [5, 5.41) is 2.72. The Balaban J connectivity index is 1.75. The van der Waals surface area contributed by atoms with E-state index in [1.165, 1.54) is 0 Å². The van der Waals surface area contributed by atoms with Crippen LogP contribution in [0.25, 0.3) is 0 Å². The van der Waals surface area contributed by atoms with Gasteiger partial charge in [-0.05, 0) is 41.7 Å². The van der Waals surface area contributed by atoms with Gasteiger partial charge in [-0.3, -0.25) is 9.59 Å². The van der Waals surface area contributed by atoms with E-state index in [4.69, 9.17) is 0 Å². The Kier molecular flexibility index (Phi) is 5.02. The van der Waals surface area contributed by atoms with Crippen molar-refractivity contribution in [3.8, 4) is 0 Å². The molecule has 1 heterocycles. The molecule has 0 radical (unpaired) electrons. The van der Waals surface area contributed by atoms with E-state index in [9.17, 15) is 18.4 Å². The smallest absolute Gasteiger partial charge is 0.249 e. The molecule has 0 saturated heterocycles. The molecule has 6 heteroatoms. The largest absolute Gasteiger partial charge is 0.344 e. The van der Waals surface area contributed by atoms with Crippen molar-refractivity contribution in [2.24, 2.45) is 0 Å². The van der Waals surface area contributed by atoms with Gasteiger partial charge in [-0.15, -0.1) is 0 Å². The second-order valence-electron chi connectivity index (χ2n) is 6.67. The summed E-state index contributed by atoms with van der Waals surface area (Å²) in [4.78, 5) is 26.6. The number of hydrogen-bond donors (Lipinski definition) is 1. The molecule has 136 valence electrons. The average molecular weight is 358 g/mol. The zero-order chi connectivity index (χ0) is 18.8. The third-order valence-electron chi connectivity index (χ3n) is 4.67. The molecule has 3 rings (SSSR count). The molecule has 2 atom stereocenters. The maximum Gasteiger partial charge on any atom is 0.249 e. The number of anilines is 1. The normalized spacial score (nSPS) is 19.7. The fraction of sp³-hybridized carbons (Fsp3) is 0.300. The minimum Gasteiger partial charge on any atom is -0.344 e. The molecule has 1 aliphatic rings. The van der Waals surface area contributed by atoms with Crippen LogP contribution in [0.15, 0.2) is 42.5 Å². The Labute approximate surface area is 150 Å². The number of carbonyl (C=O) groups excluding carboxylic acids is 2. The number of likely N-dealkylation sites (N-methyl/N-ethyl adjacent to an activating group) is 1. The van der Waals surface area contributed by atoms with E-state index in [1.54, 1.807) is 11.9 Å². The Morgan fingerprint density at radius 1 is 1.19 bits per heavy atom. The van der Waals surface area contributed by atoms with Crippen LogP contribution in [0.1, 0.15) is 30.4 Å². The van der Waals surface area contributed by atoms with Crippen LogP contribution in [-0.2, 0) is 16.0 Å². The van der Waals surface area contributed by atoms with Crippen molar-refractivity contribution in [1.29, 1.82) is 0 Å². The molecular weight excluding hydrogens is 338 g/mol. The molecule has 0 bridgehead atoms. The van der Waals surface area contributed by atoms with Crippen molar-refractivity contribution in [2.45, 2.75) is 31.7 Å². The Hall–Kier alpha value is -2.76. The molecule has 0 saturated carbocycles. The molecule has 2 aromatic rings. The van der Waals surface area contributed by atoms with Gasteiger partial charge in [0, 0.05) is 18.8 Å². The molecule has 26 heavy (non-hydrogen) atoms. The second-order valence-corrected chi connectivity index (χ2v) is 6.67. The summed E-state index contributed by atoms with van der Waals surface area (Å²) in [5.41, 5.74) is 2.10. The minimum absolute atomic E-state index is 0.0806. The standard InChI is InChI=1S/C20H20F2N2O2/c1-12-7-17(20(26)24(2)18-6-4-3-5-16(12)18)23-19(25)10-13-8-14(21)11-15(22)9-13/h3-6,8-9,11-12,17H,7,10H2,1-2H3,(H,23,25). The Morgan fingerprint density at radius 2 is 1.85 bits per heavy atom. The number of benzene rings is 2. The number of halogens is 2. The highest BCUT2D eigenvalue weighted by molar-refractivity contribution is 6.00. The quantitative estimate of drug-likeness (QED) is 0.916. The van der Waals surface area contributed by atoms with Gasteiger partial charge < -0.3 is 10.2 Å². The van der Waals surface area contributed by atoms with E-state index in [-0.39, 0.29) is 23.8 Å². The number of nitrogens with one attached hydrogen (secondary N) is 1. The van der Waals surface area contributed by atoms with Gasteiger partial charge in [-0.2, -0.15) is 0 Å². The molecule has 2 aromatic carbocycles. The van der Waals surface area contributed by atoms with Gasteiger partial charge in [0.2, 0.25) is 11.8 Å². The van der Waals surface area contributed by atoms with Gasteiger partial charge in [-0.1, -0.05) is 25.1 Å². The molecule has 1 N–H and O–H groups in total. The van der Waals surface area contributed by atoms with Crippen LogP contribution in [-0.4, -0.2) is 24.9 Å². The van der Waals surface area contributed by atoms with Gasteiger partial charge in [0.1, 0.15) is 17.7 Å². The van der Waals surface area contributed by atoms with E-state index >= 15 is 0 Å². The molecule has 2 amide bonds. The van der Waals surface area contributed by atoms with Crippen molar-refractivity contribution in [2.75, 3.05) is 11.9 Å². The first kappa shape index (κ1) is 18.0. The predicted molar refractivity (Wildman–Crippen MR) is 94.9 cm³/mol. The predicted octanol–water partition coefficient (Wildman–Crippen LogP) is 3.16. The topological polar surface area (TPSA) is 49.4 Å². The van der Waals surface area contributed by atoms with Gasteiger partial charge in [0.15, 0.2) is 0 Å². The molecule has 0 fully saturated rings. The molecule has 0 aliphatic carbocycles. The van der Waals surface area contributed by atoms with Gasteiger partial charge in [-0.25, -0.2) is 8.78 Å². The SMILES string of the molecule is CC1CC(NC(=O)Cc2cc(F)cc(F)c2)C(=O)N(C)c2ccccc21. The first-order valence-electron chi connectivity index (χ1n) is 8.46. The lowest BCUT2D eigenvalue weighted by atomic mass is 9.94. The third-order valence-corrected chi connectivity index (χ3v) is 4.67. The Morgan fingerprint density at radius 3 is 2.54 bits per heavy atom. The lowest BCUT2D eigenvalue weighted by Crippen LogP contribution is -2.47. The second kappa shape index (κ2) is 7.23. The maximum atomic E-state index is 13.3. The summed E-state index contributed by atoms with van der Waals surface area (Å²) in [6.07, 6.45) is 0.271. The van der Waals surface area contributed by atoms with E-state index in [2.05, 4.69) is 5.32 Å². The van der Waals surface area contributed by atoms with E-state index in [1.807, 2.05) is 31.2 Å². The fourth-order valence-electron chi connectivity index (χ4n) is 3.41. The summed E-state index contributed by atoms with van der Waals surface area (Å²) in [6.45, 7) is 2.01. The number of carbonyl (C=O) groups is 2. The molecule has 0 spiro atoms. The number of para-hydroxylation sites is 1. The molecule has 1 aliphatic heterocycles. The average Bonchev–Trinajstić information content (AvgIpc) is 2.66. The third kappa shape index (κ3) is 3.74. The molecular formula is C20H20F2N2O2. The van der Waals surface area contributed by atoms with E-state index < -0.39 is 23.6 Å². The minimum atomic E-state index is -0.734. The van der Waals surface area contributed by atoms with Crippen molar-refractivity contribution < 1.29 is 18.4 Å². The summed E-state index contributed by atoms with van der Waals surface area (Å²) in [5.74, 6) is -2.04. The summed E-state index contributed by atoms with van der Waals surface area (Å²) in [7, 11) is 1.68. The summed E-state index contributed by atoms with van der Waals surface area (Å²) in [6, 6.07) is 9.94. The fourth-order valence-corrected chi connectivity index (χ4v) is 3.41. The van der Waals surface area contributed by atoms with Crippen molar-refractivity contribution in [3.05, 3.63) is 65.2 Å². The first-order valence-corrected chi connectivity index (χ1v) is 8.46. The molecule has 0 aromatic heterocycles.